The molecule has 0 atom stereocenters. The van der Waals surface area contributed by atoms with Crippen LogP contribution in [0.1, 0.15) is 28.4 Å². The number of hydrogen-bond donors (Lipinski definition) is 0. The first-order valence-electron chi connectivity index (χ1n) is 7.19. The Kier molecular flexibility index (Phi) is 4.68. The molecule has 1 heterocycles. The second-order valence-corrected chi connectivity index (χ2v) is 7.65. The SMILES string of the molecule is CCS(=O)(=O)N1CCN(C(=O)c2ccc(C)c(C)c2)CC1. The van der Waals surface area contributed by atoms with Crippen molar-refractivity contribution >= 4 is 15.9 Å². The predicted octanol–water partition coefficient (Wildman–Crippen LogP) is 1.41. The van der Waals surface area contributed by atoms with Crippen molar-refractivity contribution in [2.24, 2.45) is 0 Å². The number of nitrogens with zero attached hydrogens (tertiary/aromatic N) is 2. The van der Waals surface area contributed by atoms with Crippen LogP contribution >= 0.6 is 0 Å². The maximum Gasteiger partial charge on any atom is 0.253 e. The molecule has 0 unspecified atom stereocenters. The van der Waals surface area contributed by atoms with Crippen molar-refractivity contribution in [3.05, 3.63) is 34.9 Å². The number of benzene rings is 1. The average Bonchev–Trinajstić information content (AvgIpc) is 2.49. The predicted molar refractivity (Wildman–Crippen MR) is 82.9 cm³/mol. The highest BCUT2D eigenvalue weighted by Crippen LogP contribution is 2.14. The number of sulfonamides is 1. The minimum Gasteiger partial charge on any atom is -0.336 e. The molecule has 1 amide bonds. The fourth-order valence-corrected chi connectivity index (χ4v) is 3.49. The van der Waals surface area contributed by atoms with E-state index in [-0.39, 0.29) is 11.7 Å². The normalized spacial score (nSPS) is 17.0. The van der Waals surface area contributed by atoms with Crippen LogP contribution in [0.5, 0.6) is 0 Å². The number of amides is 1. The van der Waals surface area contributed by atoms with Crippen molar-refractivity contribution in [3.8, 4) is 0 Å². The Morgan fingerprint density at radius 1 is 1.10 bits per heavy atom. The molecule has 1 aliphatic heterocycles. The summed E-state index contributed by atoms with van der Waals surface area (Å²) >= 11 is 0. The molecule has 1 aromatic rings. The van der Waals surface area contributed by atoms with E-state index in [1.54, 1.807) is 11.8 Å². The van der Waals surface area contributed by atoms with E-state index in [0.29, 0.717) is 31.7 Å². The first kappa shape index (κ1) is 16.0. The Balaban J connectivity index is 2.05. The van der Waals surface area contributed by atoms with Gasteiger partial charge in [-0.1, -0.05) is 6.07 Å². The van der Waals surface area contributed by atoms with Gasteiger partial charge < -0.3 is 4.90 Å². The van der Waals surface area contributed by atoms with Crippen LogP contribution in [-0.2, 0) is 10.0 Å². The molecule has 0 aromatic heterocycles. The van der Waals surface area contributed by atoms with E-state index in [2.05, 4.69) is 0 Å². The molecule has 21 heavy (non-hydrogen) atoms. The standard InChI is InChI=1S/C15H22N2O3S/c1-4-21(19,20)17-9-7-16(8-10-17)15(18)14-6-5-12(2)13(3)11-14/h5-6,11H,4,7-10H2,1-3H3. The third kappa shape index (κ3) is 3.44. The molecule has 1 saturated heterocycles. The molecular formula is C15H22N2O3S. The van der Waals surface area contributed by atoms with Crippen molar-refractivity contribution in [2.45, 2.75) is 20.8 Å². The highest BCUT2D eigenvalue weighted by Gasteiger charge is 2.28. The smallest absolute Gasteiger partial charge is 0.253 e. The lowest BCUT2D eigenvalue weighted by molar-refractivity contribution is 0.0698. The van der Waals surface area contributed by atoms with Gasteiger partial charge in [0.05, 0.1) is 5.75 Å². The lowest BCUT2D eigenvalue weighted by Crippen LogP contribution is -2.50. The van der Waals surface area contributed by atoms with Crippen LogP contribution in [0.3, 0.4) is 0 Å². The zero-order valence-corrected chi connectivity index (χ0v) is 13.6. The summed E-state index contributed by atoms with van der Waals surface area (Å²) < 4.78 is 25.1. The molecule has 0 bridgehead atoms. The number of aryl methyl sites for hydroxylation is 2. The number of carbonyl (C=O) groups is 1. The second kappa shape index (κ2) is 6.15. The van der Waals surface area contributed by atoms with Gasteiger partial charge in [0, 0.05) is 31.7 Å². The lowest BCUT2D eigenvalue weighted by Gasteiger charge is -2.34. The van der Waals surface area contributed by atoms with Crippen LogP contribution in [-0.4, -0.2) is 55.5 Å². The molecule has 0 spiro atoms. The lowest BCUT2D eigenvalue weighted by atomic mass is 10.1. The topological polar surface area (TPSA) is 57.7 Å². The highest BCUT2D eigenvalue weighted by molar-refractivity contribution is 7.89. The van der Waals surface area contributed by atoms with Gasteiger partial charge in [-0.2, -0.15) is 4.31 Å². The Hall–Kier alpha value is -1.40. The van der Waals surface area contributed by atoms with Crippen LogP contribution in [0, 0.1) is 13.8 Å². The van der Waals surface area contributed by atoms with Gasteiger partial charge in [0.2, 0.25) is 10.0 Å². The molecule has 1 aliphatic rings. The molecular weight excluding hydrogens is 288 g/mol. The Morgan fingerprint density at radius 3 is 2.24 bits per heavy atom. The summed E-state index contributed by atoms with van der Waals surface area (Å²) in [4.78, 5) is 14.2. The molecule has 6 heteroatoms. The van der Waals surface area contributed by atoms with Crippen molar-refractivity contribution in [1.82, 2.24) is 9.21 Å². The molecule has 0 radical (unpaired) electrons. The van der Waals surface area contributed by atoms with E-state index in [1.807, 2.05) is 32.0 Å². The van der Waals surface area contributed by atoms with Gasteiger partial charge in [-0.25, -0.2) is 8.42 Å². The number of hydrogen-bond acceptors (Lipinski definition) is 3. The fourth-order valence-electron chi connectivity index (χ4n) is 2.41. The first-order chi connectivity index (χ1) is 9.85. The highest BCUT2D eigenvalue weighted by atomic mass is 32.2. The number of piperazine rings is 1. The van der Waals surface area contributed by atoms with Crippen LogP contribution in [0.4, 0.5) is 0 Å². The zero-order chi connectivity index (χ0) is 15.6. The van der Waals surface area contributed by atoms with Gasteiger partial charge in [0.1, 0.15) is 0 Å². The summed E-state index contributed by atoms with van der Waals surface area (Å²) in [5.74, 6) is 0.0876. The zero-order valence-electron chi connectivity index (χ0n) is 12.8. The van der Waals surface area contributed by atoms with Gasteiger partial charge in [-0.05, 0) is 44.0 Å². The molecule has 0 N–H and O–H groups in total. The summed E-state index contributed by atoms with van der Waals surface area (Å²) in [7, 11) is -3.15. The largest absolute Gasteiger partial charge is 0.336 e. The van der Waals surface area contributed by atoms with Gasteiger partial charge in [-0.3, -0.25) is 4.79 Å². The molecule has 1 aromatic carbocycles. The molecule has 0 aliphatic carbocycles. The monoisotopic (exact) mass is 310 g/mol. The van der Waals surface area contributed by atoms with Crippen molar-refractivity contribution in [1.29, 1.82) is 0 Å². The summed E-state index contributed by atoms with van der Waals surface area (Å²) in [5, 5.41) is 0. The third-order valence-electron chi connectivity index (χ3n) is 4.04. The van der Waals surface area contributed by atoms with E-state index in [9.17, 15) is 13.2 Å². The minimum absolute atomic E-state index is 0.0216. The van der Waals surface area contributed by atoms with E-state index in [4.69, 9.17) is 0 Å². The maximum atomic E-state index is 12.4. The molecule has 2 rings (SSSR count). The number of carbonyl (C=O) groups excluding carboxylic acids is 1. The van der Waals surface area contributed by atoms with E-state index < -0.39 is 10.0 Å². The number of rotatable bonds is 3. The van der Waals surface area contributed by atoms with Crippen LogP contribution in [0.2, 0.25) is 0 Å². The summed E-state index contributed by atoms with van der Waals surface area (Å²) in [6.07, 6.45) is 0. The Bertz CT molecular complexity index is 632. The summed E-state index contributed by atoms with van der Waals surface area (Å²) in [6, 6.07) is 5.67. The summed E-state index contributed by atoms with van der Waals surface area (Å²) in [5.41, 5.74) is 2.92. The Morgan fingerprint density at radius 2 is 1.71 bits per heavy atom. The average molecular weight is 310 g/mol. The Labute approximate surface area is 126 Å². The summed E-state index contributed by atoms with van der Waals surface area (Å²) in [6.45, 7) is 7.30. The van der Waals surface area contributed by atoms with Gasteiger partial charge in [0.15, 0.2) is 0 Å². The van der Waals surface area contributed by atoms with Crippen molar-refractivity contribution in [3.63, 3.8) is 0 Å². The maximum absolute atomic E-state index is 12.4. The first-order valence-corrected chi connectivity index (χ1v) is 8.80. The molecule has 0 saturated carbocycles. The quantitative estimate of drug-likeness (QED) is 0.848. The fraction of sp³-hybridized carbons (Fsp3) is 0.533. The van der Waals surface area contributed by atoms with Crippen LogP contribution in [0.25, 0.3) is 0 Å². The van der Waals surface area contributed by atoms with E-state index in [1.165, 1.54) is 4.31 Å². The van der Waals surface area contributed by atoms with Gasteiger partial charge in [0.25, 0.3) is 5.91 Å². The van der Waals surface area contributed by atoms with Crippen molar-refractivity contribution in [2.75, 3.05) is 31.9 Å². The van der Waals surface area contributed by atoms with E-state index >= 15 is 0 Å². The third-order valence-corrected chi connectivity index (χ3v) is 5.92. The molecule has 1 fully saturated rings. The van der Waals surface area contributed by atoms with E-state index in [0.717, 1.165) is 11.1 Å². The minimum atomic E-state index is -3.15. The van der Waals surface area contributed by atoms with Gasteiger partial charge >= 0.3 is 0 Å². The molecule has 116 valence electrons. The van der Waals surface area contributed by atoms with Crippen LogP contribution < -0.4 is 0 Å². The second-order valence-electron chi connectivity index (χ2n) is 5.39. The van der Waals surface area contributed by atoms with Crippen molar-refractivity contribution < 1.29 is 13.2 Å². The van der Waals surface area contributed by atoms with Crippen LogP contribution in [0.15, 0.2) is 18.2 Å². The molecule has 5 nitrogen and oxygen atoms in total. The van der Waals surface area contributed by atoms with Gasteiger partial charge in [-0.15, -0.1) is 0 Å².